The van der Waals surface area contributed by atoms with Crippen LogP contribution in [0.4, 0.5) is 0 Å². The second kappa shape index (κ2) is 7.76. The Morgan fingerprint density at radius 2 is 1.67 bits per heavy atom. The number of hydrogen-bond donors (Lipinski definition) is 0. The van der Waals surface area contributed by atoms with E-state index in [9.17, 15) is 0 Å². The first-order chi connectivity index (χ1) is 10.4. The van der Waals surface area contributed by atoms with Gasteiger partial charge in [-0.3, -0.25) is 0 Å². The Balaban J connectivity index is 1.39. The van der Waals surface area contributed by atoms with Crippen molar-refractivity contribution >= 4 is 19.4 Å². The zero-order valence-electron chi connectivity index (χ0n) is 12.0. The van der Waals surface area contributed by atoms with Crippen molar-refractivity contribution in [2.75, 3.05) is 6.61 Å². The fraction of sp³-hybridized carbons (Fsp3) is 0.333. The SMILES string of the molecule is c1ccc(COC[C@@H]2CC[C@H]([Se]c3ccccc3)O2)cc1. The number of ether oxygens (including phenoxy) is 2. The maximum atomic E-state index is 6.11. The first kappa shape index (κ1) is 14.8. The third kappa shape index (κ3) is 4.69. The minimum absolute atomic E-state index is 0.268. The van der Waals surface area contributed by atoms with Crippen molar-refractivity contribution in [3.63, 3.8) is 0 Å². The van der Waals surface area contributed by atoms with E-state index in [0.29, 0.717) is 33.2 Å². The van der Waals surface area contributed by atoms with Crippen molar-refractivity contribution in [1.82, 2.24) is 0 Å². The van der Waals surface area contributed by atoms with Crippen LogP contribution >= 0.6 is 0 Å². The second-order valence-corrected chi connectivity index (χ2v) is 7.78. The molecule has 2 aromatic rings. The van der Waals surface area contributed by atoms with E-state index in [1.165, 1.54) is 10.0 Å². The molecule has 0 saturated carbocycles. The van der Waals surface area contributed by atoms with Gasteiger partial charge in [-0.15, -0.1) is 0 Å². The summed E-state index contributed by atoms with van der Waals surface area (Å²) in [6, 6.07) is 21.0. The maximum absolute atomic E-state index is 6.11. The average Bonchev–Trinajstić information content (AvgIpc) is 2.97. The Morgan fingerprint density at radius 3 is 2.43 bits per heavy atom. The van der Waals surface area contributed by atoms with Crippen LogP contribution < -0.4 is 4.46 Å². The summed E-state index contributed by atoms with van der Waals surface area (Å²) in [6.07, 6.45) is 2.55. The van der Waals surface area contributed by atoms with Gasteiger partial charge in [-0.25, -0.2) is 0 Å². The fourth-order valence-corrected chi connectivity index (χ4v) is 4.69. The molecular weight excluding hydrogens is 327 g/mol. The van der Waals surface area contributed by atoms with Crippen molar-refractivity contribution in [1.29, 1.82) is 0 Å². The monoisotopic (exact) mass is 348 g/mol. The van der Waals surface area contributed by atoms with Crippen molar-refractivity contribution in [2.24, 2.45) is 0 Å². The molecule has 0 bridgehead atoms. The molecule has 0 spiro atoms. The van der Waals surface area contributed by atoms with Gasteiger partial charge in [0.25, 0.3) is 0 Å². The standard InChI is InChI=1S/C18H20O2Se/c1-3-7-15(8-4-1)13-19-14-16-11-12-18(20-16)21-17-9-5-2-6-10-17/h1-10,16,18H,11-14H2/t16-,18-/m0/s1. The Labute approximate surface area is 132 Å². The van der Waals surface area contributed by atoms with Crippen LogP contribution in [0, 0.1) is 0 Å². The van der Waals surface area contributed by atoms with E-state index in [-0.39, 0.29) is 6.10 Å². The molecule has 1 aliphatic heterocycles. The first-order valence-corrected chi connectivity index (χ1v) is 9.23. The van der Waals surface area contributed by atoms with Gasteiger partial charge in [0, 0.05) is 0 Å². The van der Waals surface area contributed by atoms with Crippen LogP contribution in [0.15, 0.2) is 60.7 Å². The van der Waals surface area contributed by atoms with Gasteiger partial charge in [-0.1, -0.05) is 0 Å². The molecule has 21 heavy (non-hydrogen) atoms. The molecule has 3 rings (SSSR count). The molecule has 1 fully saturated rings. The summed E-state index contributed by atoms with van der Waals surface area (Å²) in [5.74, 6) is 0. The van der Waals surface area contributed by atoms with Crippen molar-refractivity contribution in [2.45, 2.75) is 30.6 Å². The summed E-state index contributed by atoms with van der Waals surface area (Å²) in [6.45, 7) is 1.38. The van der Waals surface area contributed by atoms with Crippen LogP contribution in [0.2, 0.25) is 0 Å². The van der Waals surface area contributed by atoms with E-state index in [2.05, 4.69) is 42.5 Å². The second-order valence-electron chi connectivity index (χ2n) is 5.20. The van der Waals surface area contributed by atoms with Crippen LogP contribution in [0.5, 0.6) is 0 Å². The summed E-state index contributed by atoms with van der Waals surface area (Å²) in [5.41, 5.74) is 1.22. The van der Waals surface area contributed by atoms with E-state index in [0.717, 1.165) is 12.8 Å². The van der Waals surface area contributed by atoms with Gasteiger partial charge < -0.3 is 0 Å². The molecule has 0 radical (unpaired) electrons. The van der Waals surface area contributed by atoms with E-state index >= 15 is 0 Å². The molecule has 1 aliphatic rings. The zero-order chi connectivity index (χ0) is 14.3. The third-order valence-corrected chi connectivity index (χ3v) is 5.92. The molecule has 0 aliphatic carbocycles. The van der Waals surface area contributed by atoms with Gasteiger partial charge >= 0.3 is 132 Å². The molecule has 0 unspecified atom stereocenters. The molecular formula is C18H20O2Se. The summed E-state index contributed by atoms with van der Waals surface area (Å²) < 4.78 is 13.3. The predicted molar refractivity (Wildman–Crippen MR) is 85.8 cm³/mol. The number of rotatable bonds is 6. The van der Waals surface area contributed by atoms with Gasteiger partial charge in [0.1, 0.15) is 0 Å². The number of hydrogen-bond acceptors (Lipinski definition) is 2. The fourth-order valence-electron chi connectivity index (χ4n) is 2.42. The third-order valence-electron chi connectivity index (χ3n) is 3.49. The van der Waals surface area contributed by atoms with Gasteiger partial charge in [-0.2, -0.15) is 0 Å². The topological polar surface area (TPSA) is 18.5 Å². The molecule has 0 N–H and O–H groups in total. The first-order valence-electron chi connectivity index (χ1n) is 7.39. The molecule has 0 amide bonds. The molecule has 1 heterocycles. The minimum atomic E-state index is 0.268. The summed E-state index contributed by atoms with van der Waals surface area (Å²) in [5, 5.41) is 0.408. The quantitative estimate of drug-likeness (QED) is 0.748. The Kier molecular flexibility index (Phi) is 5.47. The van der Waals surface area contributed by atoms with Crippen molar-refractivity contribution in [3.05, 3.63) is 66.2 Å². The Bertz CT molecular complexity index is 529. The zero-order valence-corrected chi connectivity index (χ0v) is 13.7. The van der Waals surface area contributed by atoms with Crippen LogP contribution in [-0.2, 0) is 16.1 Å². The van der Waals surface area contributed by atoms with Gasteiger partial charge in [-0.05, 0) is 0 Å². The summed E-state index contributed by atoms with van der Waals surface area (Å²) in [4.78, 5) is 0. The van der Waals surface area contributed by atoms with Crippen LogP contribution in [0.1, 0.15) is 18.4 Å². The van der Waals surface area contributed by atoms with E-state index in [4.69, 9.17) is 9.47 Å². The normalized spacial score (nSPS) is 21.5. The predicted octanol–water partition coefficient (Wildman–Crippen LogP) is 2.74. The van der Waals surface area contributed by atoms with E-state index < -0.39 is 0 Å². The summed E-state index contributed by atoms with van der Waals surface area (Å²) in [7, 11) is 0. The van der Waals surface area contributed by atoms with Crippen molar-refractivity contribution < 1.29 is 9.47 Å². The van der Waals surface area contributed by atoms with Gasteiger partial charge in [0.2, 0.25) is 0 Å². The molecule has 1 saturated heterocycles. The molecule has 2 nitrogen and oxygen atoms in total. The van der Waals surface area contributed by atoms with Gasteiger partial charge in [0.15, 0.2) is 0 Å². The van der Waals surface area contributed by atoms with E-state index in [1.54, 1.807) is 0 Å². The van der Waals surface area contributed by atoms with Crippen LogP contribution in [-0.4, -0.2) is 32.7 Å². The van der Waals surface area contributed by atoms with Crippen molar-refractivity contribution in [3.8, 4) is 0 Å². The summed E-state index contributed by atoms with van der Waals surface area (Å²) >= 11 is 0.412. The Morgan fingerprint density at radius 1 is 0.952 bits per heavy atom. The molecule has 110 valence electrons. The molecule has 2 aromatic carbocycles. The van der Waals surface area contributed by atoms with Gasteiger partial charge in [0.05, 0.1) is 0 Å². The Hall–Kier alpha value is -1.12. The molecule has 2 atom stereocenters. The number of benzene rings is 2. The van der Waals surface area contributed by atoms with Crippen LogP contribution in [0.3, 0.4) is 0 Å². The van der Waals surface area contributed by atoms with E-state index in [1.807, 2.05) is 18.2 Å². The molecule has 3 heteroatoms. The molecule has 0 aromatic heterocycles. The average molecular weight is 347 g/mol. The van der Waals surface area contributed by atoms with Crippen LogP contribution in [0.25, 0.3) is 0 Å².